The number of rotatable bonds is 5. The van der Waals surface area contributed by atoms with E-state index in [9.17, 15) is 9.59 Å². The molecule has 1 saturated carbocycles. The van der Waals surface area contributed by atoms with Crippen molar-refractivity contribution in [1.82, 2.24) is 9.80 Å². The van der Waals surface area contributed by atoms with E-state index in [1.165, 1.54) is 4.90 Å². The molecule has 0 bridgehead atoms. The number of carbonyl (C=O) groups excluding carboxylic acids is 2. The second kappa shape index (κ2) is 6.73. The predicted molar refractivity (Wildman–Crippen MR) is 70.9 cm³/mol. The lowest BCUT2D eigenvalue weighted by Crippen LogP contribution is -2.46. The first-order valence-corrected chi connectivity index (χ1v) is 6.71. The van der Waals surface area contributed by atoms with Gasteiger partial charge in [-0.15, -0.1) is 0 Å². The van der Waals surface area contributed by atoms with Gasteiger partial charge in [-0.25, -0.2) is 0 Å². The lowest BCUT2D eigenvalue weighted by Gasteiger charge is -2.27. The van der Waals surface area contributed by atoms with E-state index in [2.05, 4.69) is 0 Å². The number of carbonyl (C=O) groups is 2. The zero-order valence-corrected chi connectivity index (χ0v) is 11.7. The average molecular weight is 255 g/mol. The SMILES string of the molecule is CCCN(CC(=O)N(C)C)C(=O)C1CCCC1N. The average Bonchev–Trinajstić information content (AvgIpc) is 2.73. The van der Waals surface area contributed by atoms with Crippen molar-refractivity contribution in [1.29, 1.82) is 0 Å². The van der Waals surface area contributed by atoms with Crippen LogP contribution in [-0.2, 0) is 9.59 Å². The van der Waals surface area contributed by atoms with Crippen molar-refractivity contribution in [2.24, 2.45) is 11.7 Å². The van der Waals surface area contributed by atoms with Crippen molar-refractivity contribution in [3.63, 3.8) is 0 Å². The van der Waals surface area contributed by atoms with E-state index in [1.54, 1.807) is 19.0 Å². The lowest BCUT2D eigenvalue weighted by atomic mass is 10.0. The highest BCUT2D eigenvalue weighted by Crippen LogP contribution is 2.25. The molecule has 0 aromatic carbocycles. The Morgan fingerprint density at radius 1 is 1.28 bits per heavy atom. The highest BCUT2D eigenvalue weighted by atomic mass is 16.2. The second-order valence-electron chi connectivity index (χ2n) is 5.25. The van der Waals surface area contributed by atoms with E-state index in [1.807, 2.05) is 6.92 Å². The fraction of sp³-hybridized carbons (Fsp3) is 0.846. The maximum atomic E-state index is 12.4. The maximum Gasteiger partial charge on any atom is 0.241 e. The molecule has 0 heterocycles. The van der Waals surface area contributed by atoms with Crippen LogP contribution < -0.4 is 5.73 Å². The fourth-order valence-corrected chi connectivity index (χ4v) is 2.37. The summed E-state index contributed by atoms with van der Waals surface area (Å²) in [4.78, 5) is 27.3. The topological polar surface area (TPSA) is 66.6 Å². The largest absolute Gasteiger partial charge is 0.347 e. The molecular formula is C13H25N3O2. The Morgan fingerprint density at radius 3 is 2.39 bits per heavy atom. The number of nitrogens with zero attached hydrogens (tertiary/aromatic N) is 2. The van der Waals surface area contributed by atoms with Gasteiger partial charge < -0.3 is 15.5 Å². The molecule has 1 fully saturated rings. The Labute approximate surface area is 109 Å². The Balaban J connectivity index is 2.65. The van der Waals surface area contributed by atoms with Crippen LogP contribution in [0.1, 0.15) is 32.6 Å². The van der Waals surface area contributed by atoms with Crippen molar-refractivity contribution in [2.75, 3.05) is 27.2 Å². The van der Waals surface area contributed by atoms with Crippen LogP contribution in [-0.4, -0.2) is 54.8 Å². The number of hydrogen-bond acceptors (Lipinski definition) is 3. The van der Waals surface area contributed by atoms with Gasteiger partial charge in [0.05, 0.1) is 12.5 Å². The van der Waals surface area contributed by atoms with Crippen molar-refractivity contribution in [2.45, 2.75) is 38.6 Å². The van der Waals surface area contributed by atoms with Gasteiger partial charge in [0.15, 0.2) is 0 Å². The van der Waals surface area contributed by atoms with Crippen LogP contribution in [0.3, 0.4) is 0 Å². The number of amides is 2. The second-order valence-corrected chi connectivity index (χ2v) is 5.25. The van der Waals surface area contributed by atoms with E-state index in [0.29, 0.717) is 6.54 Å². The van der Waals surface area contributed by atoms with Gasteiger partial charge in [-0.3, -0.25) is 9.59 Å². The summed E-state index contributed by atoms with van der Waals surface area (Å²) in [5.74, 6) is -0.0769. The summed E-state index contributed by atoms with van der Waals surface area (Å²) in [5, 5.41) is 0. The third kappa shape index (κ3) is 3.70. The van der Waals surface area contributed by atoms with E-state index >= 15 is 0 Å². The summed E-state index contributed by atoms with van der Waals surface area (Å²) < 4.78 is 0. The van der Waals surface area contributed by atoms with Gasteiger partial charge in [0.2, 0.25) is 11.8 Å². The minimum atomic E-state index is -0.0912. The molecule has 2 unspecified atom stereocenters. The van der Waals surface area contributed by atoms with Crippen LogP contribution >= 0.6 is 0 Å². The molecule has 0 aliphatic heterocycles. The Hall–Kier alpha value is -1.10. The molecule has 0 aromatic rings. The van der Waals surface area contributed by atoms with Gasteiger partial charge in [0, 0.05) is 26.7 Å². The molecule has 5 heteroatoms. The first kappa shape index (κ1) is 15.0. The predicted octanol–water partition coefficient (Wildman–Crippen LogP) is 0.441. The van der Waals surface area contributed by atoms with Crippen LogP contribution in [0, 0.1) is 5.92 Å². The van der Waals surface area contributed by atoms with Crippen molar-refractivity contribution in [3.05, 3.63) is 0 Å². The smallest absolute Gasteiger partial charge is 0.241 e. The lowest BCUT2D eigenvalue weighted by molar-refractivity contribution is -0.142. The first-order valence-electron chi connectivity index (χ1n) is 6.71. The minimum absolute atomic E-state index is 0.0358. The standard InChI is InChI=1S/C13H25N3O2/c1-4-8-16(9-12(17)15(2)3)13(18)10-6-5-7-11(10)14/h10-11H,4-9,14H2,1-3H3. The Bertz CT molecular complexity index is 305. The highest BCUT2D eigenvalue weighted by molar-refractivity contribution is 5.86. The molecule has 18 heavy (non-hydrogen) atoms. The minimum Gasteiger partial charge on any atom is -0.347 e. The highest BCUT2D eigenvalue weighted by Gasteiger charge is 2.33. The Morgan fingerprint density at radius 2 is 1.94 bits per heavy atom. The molecule has 104 valence electrons. The molecule has 5 nitrogen and oxygen atoms in total. The summed E-state index contributed by atoms with van der Waals surface area (Å²) in [7, 11) is 3.41. The van der Waals surface area contributed by atoms with Gasteiger partial charge in [-0.1, -0.05) is 13.3 Å². The third-order valence-corrected chi connectivity index (χ3v) is 3.52. The van der Waals surface area contributed by atoms with Crippen molar-refractivity contribution in [3.8, 4) is 0 Å². The van der Waals surface area contributed by atoms with Gasteiger partial charge in [0.25, 0.3) is 0 Å². The van der Waals surface area contributed by atoms with E-state index < -0.39 is 0 Å². The third-order valence-electron chi connectivity index (χ3n) is 3.52. The molecule has 1 aliphatic carbocycles. The molecule has 2 amide bonds. The monoisotopic (exact) mass is 255 g/mol. The molecule has 1 aliphatic rings. The van der Waals surface area contributed by atoms with Gasteiger partial charge in [-0.05, 0) is 19.3 Å². The summed E-state index contributed by atoms with van der Waals surface area (Å²) >= 11 is 0. The summed E-state index contributed by atoms with van der Waals surface area (Å²) in [6.07, 6.45) is 3.64. The Kier molecular flexibility index (Phi) is 5.59. The van der Waals surface area contributed by atoms with Gasteiger partial charge in [0.1, 0.15) is 0 Å². The van der Waals surface area contributed by atoms with Crippen molar-refractivity contribution >= 4 is 11.8 Å². The summed E-state index contributed by atoms with van der Waals surface area (Å²) in [6.45, 7) is 2.81. The normalized spacial score (nSPS) is 22.9. The van der Waals surface area contributed by atoms with Crippen LogP contribution in [0.2, 0.25) is 0 Å². The molecule has 2 N–H and O–H groups in total. The molecule has 1 rings (SSSR count). The summed E-state index contributed by atoms with van der Waals surface area (Å²) in [6, 6.07) is -0.0358. The first-order chi connectivity index (χ1) is 8.47. The number of hydrogen-bond donors (Lipinski definition) is 1. The molecular weight excluding hydrogens is 230 g/mol. The summed E-state index contributed by atoms with van der Waals surface area (Å²) in [5.41, 5.74) is 5.96. The molecule has 0 spiro atoms. The van der Waals surface area contributed by atoms with E-state index in [-0.39, 0.29) is 30.3 Å². The zero-order valence-electron chi connectivity index (χ0n) is 11.7. The van der Waals surface area contributed by atoms with Crippen LogP contribution in [0.4, 0.5) is 0 Å². The van der Waals surface area contributed by atoms with E-state index in [0.717, 1.165) is 25.7 Å². The number of likely N-dealkylation sites (N-methyl/N-ethyl adjacent to an activating group) is 1. The molecule has 2 atom stereocenters. The zero-order chi connectivity index (χ0) is 13.7. The fourth-order valence-electron chi connectivity index (χ4n) is 2.37. The molecule has 0 aromatic heterocycles. The van der Waals surface area contributed by atoms with E-state index in [4.69, 9.17) is 5.73 Å². The number of nitrogens with two attached hydrogens (primary N) is 1. The quantitative estimate of drug-likeness (QED) is 0.775. The van der Waals surface area contributed by atoms with Crippen LogP contribution in [0.25, 0.3) is 0 Å². The molecule has 0 saturated heterocycles. The van der Waals surface area contributed by atoms with Gasteiger partial charge in [-0.2, -0.15) is 0 Å². The van der Waals surface area contributed by atoms with Gasteiger partial charge >= 0.3 is 0 Å². The molecule has 0 radical (unpaired) electrons. The maximum absolute atomic E-state index is 12.4. The van der Waals surface area contributed by atoms with Crippen molar-refractivity contribution < 1.29 is 9.59 Å². The van der Waals surface area contributed by atoms with Crippen LogP contribution in [0.5, 0.6) is 0 Å². The van der Waals surface area contributed by atoms with Crippen LogP contribution in [0.15, 0.2) is 0 Å².